The van der Waals surface area contributed by atoms with Gasteiger partial charge in [-0.3, -0.25) is 4.79 Å². The molecule has 0 saturated carbocycles. The summed E-state index contributed by atoms with van der Waals surface area (Å²) < 4.78 is 28.8. The van der Waals surface area contributed by atoms with Crippen molar-refractivity contribution in [2.45, 2.75) is 38.0 Å². The van der Waals surface area contributed by atoms with Crippen LogP contribution in [0.15, 0.2) is 52.2 Å². The average molecular weight is 485 g/mol. The minimum atomic E-state index is -3.78. The normalized spacial score (nSPS) is 12.3. The van der Waals surface area contributed by atoms with Crippen molar-refractivity contribution in [3.63, 3.8) is 0 Å². The quantitative estimate of drug-likeness (QED) is 0.407. The fourth-order valence-corrected chi connectivity index (χ4v) is 7.64. The molecule has 6 nitrogen and oxygen atoms in total. The number of thiophene rings is 1. The SMILES string of the molecule is CC(C)Cc1nn(C)c(=O)c2c(S(=O)(=O)CCCO)c(Cc3cccc4ccccc34)sc12. The Morgan fingerprint density at radius 1 is 1.12 bits per heavy atom. The molecular weight excluding hydrogens is 456 g/mol. The Bertz CT molecular complexity index is 1480. The Morgan fingerprint density at radius 3 is 2.58 bits per heavy atom. The van der Waals surface area contributed by atoms with Crippen LogP contribution in [0.1, 0.15) is 36.4 Å². The van der Waals surface area contributed by atoms with E-state index in [1.807, 2.05) is 42.5 Å². The lowest BCUT2D eigenvalue weighted by atomic mass is 10.0. The highest BCUT2D eigenvalue weighted by atomic mass is 32.2. The van der Waals surface area contributed by atoms with E-state index in [1.54, 1.807) is 7.05 Å². The van der Waals surface area contributed by atoms with E-state index in [4.69, 9.17) is 0 Å². The van der Waals surface area contributed by atoms with Crippen LogP contribution in [0.5, 0.6) is 0 Å². The fourth-order valence-electron chi connectivity index (χ4n) is 4.24. The molecule has 0 fully saturated rings. The Hall–Kier alpha value is -2.55. The summed E-state index contributed by atoms with van der Waals surface area (Å²) in [6.07, 6.45) is 1.17. The number of fused-ring (bicyclic) bond motifs is 2. The number of hydrogen-bond acceptors (Lipinski definition) is 6. The summed E-state index contributed by atoms with van der Waals surface area (Å²) in [7, 11) is -2.22. The maximum atomic E-state index is 13.5. The number of hydrogen-bond donors (Lipinski definition) is 1. The molecule has 0 saturated heterocycles. The molecule has 0 unspecified atom stereocenters. The highest BCUT2D eigenvalue weighted by molar-refractivity contribution is 7.91. The van der Waals surface area contributed by atoms with Gasteiger partial charge in [0.25, 0.3) is 5.56 Å². The predicted octanol–water partition coefficient (Wildman–Crippen LogP) is 4.09. The molecule has 33 heavy (non-hydrogen) atoms. The molecule has 0 aliphatic rings. The second kappa shape index (κ2) is 9.37. The Labute approximate surface area is 197 Å². The van der Waals surface area contributed by atoms with E-state index in [-0.39, 0.29) is 29.1 Å². The molecule has 4 rings (SSSR count). The number of aliphatic hydroxyl groups is 1. The van der Waals surface area contributed by atoms with Crippen LogP contribution < -0.4 is 5.56 Å². The van der Waals surface area contributed by atoms with Gasteiger partial charge in [0.2, 0.25) is 0 Å². The number of aromatic nitrogens is 2. The molecule has 0 radical (unpaired) electrons. The molecule has 0 aliphatic carbocycles. The molecule has 2 aromatic carbocycles. The van der Waals surface area contributed by atoms with Crippen LogP contribution in [0.25, 0.3) is 20.9 Å². The number of sulfone groups is 1. The van der Waals surface area contributed by atoms with Gasteiger partial charge in [-0.15, -0.1) is 11.3 Å². The lowest BCUT2D eigenvalue weighted by Crippen LogP contribution is -2.23. The van der Waals surface area contributed by atoms with E-state index in [0.717, 1.165) is 22.0 Å². The minimum absolute atomic E-state index is 0.108. The average Bonchev–Trinajstić information content (AvgIpc) is 3.16. The molecule has 2 heterocycles. The Morgan fingerprint density at radius 2 is 1.85 bits per heavy atom. The summed E-state index contributed by atoms with van der Waals surface area (Å²) in [5.74, 6) is 0.0966. The fraction of sp³-hybridized carbons (Fsp3) is 0.360. The van der Waals surface area contributed by atoms with Crippen molar-refractivity contribution in [1.29, 1.82) is 0 Å². The van der Waals surface area contributed by atoms with Crippen LogP contribution in [-0.2, 0) is 29.7 Å². The zero-order valence-electron chi connectivity index (χ0n) is 19.0. The van der Waals surface area contributed by atoms with Gasteiger partial charge in [0.05, 0.1) is 26.4 Å². The van der Waals surface area contributed by atoms with E-state index < -0.39 is 15.4 Å². The number of benzene rings is 2. The molecule has 2 aromatic heterocycles. The molecule has 8 heteroatoms. The van der Waals surface area contributed by atoms with Gasteiger partial charge in [-0.25, -0.2) is 13.1 Å². The van der Waals surface area contributed by atoms with Gasteiger partial charge >= 0.3 is 0 Å². The molecule has 1 N–H and O–H groups in total. The zero-order chi connectivity index (χ0) is 23.8. The number of nitrogens with zero attached hydrogens (tertiary/aromatic N) is 2. The second-order valence-corrected chi connectivity index (χ2v) is 11.9. The van der Waals surface area contributed by atoms with Gasteiger partial charge in [0.1, 0.15) is 0 Å². The first kappa shape index (κ1) is 23.6. The first-order chi connectivity index (χ1) is 15.7. The summed E-state index contributed by atoms with van der Waals surface area (Å²) in [5.41, 5.74) is 1.35. The first-order valence-electron chi connectivity index (χ1n) is 11.0. The predicted molar refractivity (Wildman–Crippen MR) is 134 cm³/mol. The summed E-state index contributed by atoms with van der Waals surface area (Å²) in [6, 6.07) is 14.0. The van der Waals surface area contributed by atoms with Gasteiger partial charge in [-0.2, -0.15) is 5.10 Å². The standard InChI is InChI=1S/C25H28N2O4S2/c1-16(2)14-20-23-22(25(29)27(3)26-20)24(33(30,31)13-7-12-28)21(32-23)15-18-10-6-9-17-8-4-5-11-19(17)18/h4-6,8-11,16,28H,7,12-15H2,1-3H3. The van der Waals surface area contributed by atoms with Gasteiger partial charge in [0.15, 0.2) is 9.84 Å². The van der Waals surface area contributed by atoms with Crippen molar-refractivity contribution in [2.75, 3.05) is 12.4 Å². The molecular formula is C25H28N2O4S2. The van der Waals surface area contributed by atoms with Crippen molar-refractivity contribution in [2.24, 2.45) is 13.0 Å². The summed E-state index contributed by atoms with van der Waals surface area (Å²) in [4.78, 5) is 13.9. The van der Waals surface area contributed by atoms with Crippen LogP contribution in [0.2, 0.25) is 0 Å². The molecule has 174 valence electrons. The monoisotopic (exact) mass is 484 g/mol. The van der Waals surface area contributed by atoms with Crippen molar-refractivity contribution >= 4 is 42.0 Å². The van der Waals surface area contributed by atoms with E-state index in [1.165, 1.54) is 16.0 Å². The molecule has 0 amide bonds. The van der Waals surface area contributed by atoms with Crippen molar-refractivity contribution in [1.82, 2.24) is 9.78 Å². The molecule has 0 aliphatic heterocycles. The zero-order valence-corrected chi connectivity index (χ0v) is 20.7. The third-order valence-electron chi connectivity index (χ3n) is 5.69. The van der Waals surface area contributed by atoms with E-state index in [2.05, 4.69) is 18.9 Å². The highest BCUT2D eigenvalue weighted by Gasteiger charge is 2.29. The Balaban J connectivity index is 2.01. The van der Waals surface area contributed by atoms with Crippen LogP contribution in [0.4, 0.5) is 0 Å². The third-order valence-corrected chi connectivity index (χ3v) is 8.95. The maximum Gasteiger partial charge on any atom is 0.276 e. The summed E-state index contributed by atoms with van der Waals surface area (Å²) >= 11 is 1.36. The molecule has 0 spiro atoms. The van der Waals surface area contributed by atoms with Gasteiger partial charge in [-0.1, -0.05) is 56.3 Å². The van der Waals surface area contributed by atoms with E-state index in [0.29, 0.717) is 28.3 Å². The first-order valence-corrected chi connectivity index (χ1v) is 13.5. The molecule has 0 bridgehead atoms. The summed E-state index contributed by atoms with van der Waals surface area (Å²) in [5, 5.41) is 16.1. The van der Waals surface area contributed by atoms with Crippen molar-refractivity contribution in [3.8, 4) is 0 Å². The van der Waals surface area contributed by atoms with Crippen LogP contribution >= 0.6 is 11.3 Å². The highest BCUT2D eigenvalue weighted by Crippen LogP contribution is 2.38. The second-order valence-electron chi connectivity index (χ2n) is 8.74. The van der Waals surface area contributed by atoms with Gasteiger partial charge in [-0.05, 0) is 35.1 Å². The lowest BCUT2D eigenvalue weighted by Gasteiger charge is -2.10. The van der Waals surface area contributed by atoms with Gasteiger partial charge in [0, 0.05) is 25.0 Å². The number of rotatable bonds is 8. The Kier molecular flexibility index (Phi) is 6.70. The summed E-state index contributed by atoms with van der Waals surface area (Å²) in [6.45, 7) is 3.92. The molecule has 0 atom stereocenters. The maximum absolute atomic E-state index is 13.5. The smallest absolute Gasteiger partial charge is 0.276 e. The lowest BCUT2D eigenvalue weighted by molar-refractivity contribution is 0.295. The molecule has 4 aromatic rings. The minimum Gasteiger partial charge on any atom is -0.396 e. The van der Waals surface area contributed by atoms with Crippen LogP contribution in [-0.4, -0.2) is 35.7 Å². The number of aliphatic hydroxyl groups excluding tert-OH is 1. The van der Waals surface area contributed by atoms with Crippen molar-refractivity contribution < 1.29 is 13.5 Å². The van der Waals surface area contributed by atoms with Crippen LogP contribution in [0.3, 0.4) is 0 Å². The topological polar surface area (TPSA) is 89.3 Å². The van der Waals surface area contributed by atoms with Crippen LogP contribution in [0, 0.1) is 5.92 Å². The number of aryl methyl sites for hydroxylation is 1. The van der Waals surface area contributed by atoms with E-state index in [9.17, 15) is 18.3 Å². The van der Waals surface area contributed by atoms with Crippen molar-refractivity contribution in [3.05, 3.63) is 69.0 Å². The van der Waals surface area contributed by atoms with E-state index >= 15 is 0 Å². The third kappa shape index (κ3) is 4.60. The largest absolute Gasteiger partial charge is 0.396 e. The van der Waals surface area contributed by atoms with Gasteiger partial charge < -0.3 is 5.11 Å².